The lowest BCUT2D eigenvalue weighted by atomic mass is 9.98. The first kappa shape index (κ1) is 27.9. The summed E-state index contributed by atoms with van der Waals surface area (Å²) in [4.78, 5) is 15.1. The third-order valence-electron chi connectivity index (χ3n) is 9.76. The minimum atomic E-state index is 0.531. The number of benzene rings is 7. The average molecular weight is 656 g/mol. The third-order valence-corrected chi connectivity index (χ3v) is 9.76. The van der Waals surface area contributed by atoms with Gasteiger partial charge in [-0.05, 0) is 59.7 Å². The zero-order valence-electron chi connectivity index (χ0n) is 27.0. The van der Waals surface area contributed by atoms with Gasteiger partial charge in [0.25, 0.3) is 0 Å². The first-order valence-electron chi connectivity index (χ1n) is 16.8. The molecule has 11 aromatic rings. The van der Waals surface area contributed by atoms with Gasteiger partial charge in [0.2, 0.25) is 0 Å². The van der Waals surface area contributed by atoms with E-state index in [1.54, 1.807) is 0 Å². The second-order valence-electron chi connectivity index (χ2n) is 12.8. The summed E-state index contributed by atoms with van der Waals surface area (Å²) in [5.74, 6) is 1.66. The highest BCUT2D eigenvalue weighted by atomic mass is 16.3. The van der Waals surface area contributed by atoms with Crippen molar-refractivity contribution in [3.8, 4) is 45.3 Å². The normalized spacial score (nSPS) is 11.9. The Bertz CT molecular complexity index is 3150. The molecule has 0 aliphatic heterocycles. The Kier molecular flexibility index (Phi) is 5.86. The van der Waals surface area contributed by atoms with Gasteiger partial charge in [0.15, 0.2) is 17.5 Å². The number of furan rings is 3. The molecule has 6 nitrogen and oxygen atoms in total. The van der Waals surface area contributed by atoms with Crippen LogP contribution in [0.2, 0.25) is 0 Å². The molecule has 0 unspecified atom stereocenters. The standard InChI is InChI=1S/C45H25N3O3/c1-2-10-26(11-3-1)43-46-44(28-21-23-31-30-12-4-6-17-36(30)50-39(31)25-28)48-45(47-43)35-16-8-15-33-32-22-20-27(24-40(32)51-42(33)35)29-14-9-19-38-41(29)34-13-5-7-18-37(34)49-38/h1-25H. The molecule has 0 bridgehead atoms. The Balaban J connectivity index is 1.09. The second-order valence-corrected chi connectivity index (χ2v) is 12.8. The largest absolute Gasteiger partial charge is 0.456 e. The number of para-hydroxylation sites is 3. The lowest BCUT2D eigenvalue weighted by molar-refractivity contribution is 0.668. The summed E-state index contributed by atoms with van der Waals surface area (Å²) in [6.45, 7) is 0. The Morgan fingerprint density at radius 1 is 0.314 bits per heavy atom. The second kappa shape index (κ2) is 10.7. The number of nitrogens with zero attached hydrogens (tertiary/aromatic N) is 3. The number of fused-ring (bicyclic) bond motifs is 9. The molecule has 0 N–H and O–H groups in total. The molecule has 7 aromatic carbocycles. The fourth-order valence-electron chi connectivity index (χ4n) is 7.36. The maximum Gasteiger partial charge on any atom is 0.167 e. The van der Waals surface area contributed by atoms with Crippen LogP contribution in [0.25, 0.3) is 111 Å². The molecule has 0 atom stereocenters. The van der Waals surface area contributed by atoms with Gasteiger partial charge in [0.05, 0.1) is 5.56 Å². The molecule has 0 spiro atoms. The van der Waals surface area contributed by atoms with Crippen LogP contribution < -0.4 is 0 Å². The molecule has 0 radical (unpaired) electrons. The first-order valence-corrected chi connectivity index (χ1v) is 16.8. The van der Waals surface area contributed by atoms with Crippen LogP contribution in [0.5, 0.6) is 0 Å². The van der Waals surface area contributed by atoms with E-state index in [-0.39, 0.29) is 0 Å². The van der Waals surface area contributed by atoms with Crippen LogP contribution in [0.4, 0.5) is 0 Å². The molecule has 4 aromatic heterocycles. The van der Waals surface area contributed by atoms with Crippen molar-refractivity contribution in [2.75, 3.05) is 0 Å². The fourth-order valence-corrected chi connectivity index (χ4v) is 7.36. The van der Waals surface area contributed by atoms with E-state index in [1.165, 1.54) is 0 Å². The molecule has 11 rings (SSSR count). The van der Waals surface area contributed by atoms with E-state index in [1.807, 2.05) is 103 Å². The summed E-state index contributed by atoms with van der Waals surface area (Å²) in [5, 5.41) is 6.33. The molecule has 6 heteroatoms. The van der Waals surface area contributed by atoms with Crippen LogP contribution in [0.1, 0.15) is 0 Å². The Morgan fingerprint density at radius 3 is 1.73 bits per heavy atom. The quantitative estimate of drug-likeness (QED) is 0.188. The Hall–Kier alpha value is -7.05. The van der Waals surface area contributed by atoms with Crippen molar-refractivity contribution in [1.82, 2.24) is 15.0 Å². The molecule has 4 heterocycles. The van der Waals surface area contributed by atoms with Gasteiger partial charge in [0, 0.05) is 43.4 Å². The maximum absolute atomic E-state index is 6.72. The molecule has 238 valence electrons. The van der Waals surface area contributed by atoms with Gasteiger partial charge in [-0.25, -0.2) is 15.0 Å². The van der Waals surface area contributed by atoms with Crippen LogP contribution in [0.3, 0.4) is 0 Å². The van der Waals surface area contributed by atoms with E-state index >= 15 is 0 Å². The van der Waals surface area contributed by atoms with Gasteiger partial charge < -0.3 is 13.3 Å². The minimum absolute atomic E-state index is 0.531. The van der Waals surface area contributed by atoms with E-state index in [0.29, 0.717) is 17.5 Å². The van der Waals surface area contributed by atoms with Crippen molar-refractivity contribution < 1.29 is 13.3 Å². The van der Waals surface area contributed by atoms with Gasteiger partial charge in [-0.15, -0.1) is 0 Å². The number of rotatable bonds is 4. The molecule has 0 amide bonds. The fraction of sp³-hybridized carbons (Fsp3) is 0. The summed E-state index contributed by atoms with van der Waals surface area (Å²) in [7, 11) is 0. The molecule has 0 aliphatic rings. The van der Waals surface area contributed by atoms with Crippen LogP contribution in [0.15, 0.2) is 165 Å². The average Bonchev–Trinajstić information content (AvgIpc) is 3.88. The van der Waals surface area contributed by atoms with Crippen molar-refractivity contribution in [3.63, 3.8) is 0 Å². The number of hydrogen-bond acceptors (Lipinski definition) is 6. The smallest absolute Gasteiger partial charge is 0.167 e. The van der Waals surface area contributed by atoms with Crippen molar-refractivity contribution in [3.05, 3.63) is 152 Å². The van der Waals surface area contributed by atoms with Crippen molar-refractivity contribution >= 4 is 65.8 Å². The summed E-state index contributed by atoms with van der Waals surface area (Å²) in [6.07, 6.45) is 0. The summed E-state index contributed by atoms with van der Waals surface area (Å²) in [6, 6.07) is 51.1. The predicted octanol–water partition coefficient (Wildman–Crippen LogP) is 12.2. The van der Waals surface area contributed by atoms with Gasteiger partial charge >= 0.3 is 0 Å². The van der Waals surface area contributed by atoms with E-state index in [0.717, 1.165) is 93.6 Å². The minimum Gasteiger partial charge on any atom is -0.456 e. The number of hydrogen-bond donors (Lipinski definition) is 0. The molecule has 0 fully saturated rings. The Labute approximate surface area is 290 Å². The molecular formula is C45H25N3O3. The SMILES string of the molecule is c1ccc(-c2nc(-c3ccc4c(c3)oc3ccccc34)nc(-c3cccc4c3oc3cc(-c5cccc6oc7ccccc7c56)ccc34)n2)cc1. The molecule has 0 saturated carbocycles. The predicted molar refractivity (Wildman–Crippen MR) is 203 cm³/mol. The third kappa shape index (κ3) is 4.33. The van der Waals surface area contributed by atoms with Gasteiger partial charge in [-0.2, -0.15) is 0 Å². The summed E-state index contributed by atoms with van der Waals surface area (Å²) in [5.41, 5.74) is 9.54. The van der Waals surface area contributed by atoms with Crippen LogP contribution >= 0.6 is 0 Å². The van der Waals surface area contributed by atoms with E-state index in [4.69, 9.17) is 28.2 Å². The highest BCUT2D eigenvalue weighted by Crippen LogP contribution is 2.41. The summed E-state index contributed by atoms with van der Waals surface area (Å²) < 4.78 is 19.1. The van der Waals surface area contributed by atoms with Gasteiger partial charge in [0.1, 0.15) is 33.5 Å². The molecular weight excluding hydrogens is 631 g/mol. The Morgan fingerprint density at radius 2 is 0.863 bits per heavy atom. The van der Waals surface area contributed by atoms with Gasteiger partial charge in [-0.1, -0.05) is 103 Å². The van der Waals surface area contributed by atoms with E-state index in [2.05, 4.69) is 48.5 Å². The van der Waals surface area contributed by atoms with Gasteiger partial charge in [-0.3, -0.25) is 0 Å². The van der Waals surface area contributed by atoms with E-state index < -0.39 is 0 Å². The van der Waals surface area contributed by atoms with E-state index in [9.17, 15) is 0 Å². The highest BCUT2D eigenvalue weighted by Gasteiger charge is 2.20. The van der Waals surface area contributed by atoms with Crippen molar-refractivity contribution in [2.24, 2.45) is 0 Å². The molecule has 0 saturated heterocycles. The van der Waals surface area contributed by atoms with Crippen LogP contribution in [-0.2, 0) is 0 Å². The van der Waals surface area contributed by atoms with Crippen LogP contribution in [0, 0.1) is 0 Å². The zero-order chi connectivity index (χ0) is 33.5. The zero-order valence-corrected chi connectivity index (χ0v) is 27.0. The highest BCUT2D eigenvalue weighted by molar-refractivity contribution is 6.14. The van der Waals surface area contributed by atoms with Crippen LogP contribution in [-0.4, -0.2) is 15.0 Å². The topological polar surface area (TPSA) is 78.1 Å². The number of aromatic nitrogens is 3. The van der Waals surface area contributed by atoms with Crippen molar-refractivity contribution in [2.45, 2.75) is 0 Å². The summed E-state index contributed by atoms with van der Waals surface area (Å²) >= 11 is 0. The lowest BCUT2D eigenvalue weighted by Gasteiger charge is -2.08. The maximum atomic E-state index is 6.72. The molecule has 51 heavy (non-hydrogen) atoms. The van der Waals surface area contributed by atoms with Crippen molar-refractivity contribution in [1.29, 1.82) is 0 Å². The monoisotopic (exact) mass is 655 g/mol. The molecule has 0 aliphatic carbocycles. The first-order chi connectivity index (χ1) is 25.2. The lowest BCUT2D eigenvalue weighted by Crippen LogP contribution is -2.00.